The third-order valence-electron chi connectivity index (χ3n) is 4.63. The first-order chi connectivity index (χ1) is 9.77. The summed E-state index contributed by atoms with van der Waals surface area (Å²) in [6, 6.07) is 7.58. The van der Waals surface area contributed by atoms with E-state index in [4.69, 9.17) is 5.14 Å². The zero-order chi connectivity index (χ0) is 15.6. The van der Waals surface area contributed by atoms with Crippen LogP contribution in [0, 0.1) is 11.8 Å². The van der Waals surface area contributed by atoms with Gasteiger partial charge in [-0.25, -0.2) is 13.6 Å². The van der Waals surface area contributed by atoms with Crippen molar-refractivity contribution in [1.82, 2.24) is 5.32 Å². The molecule has 3 N–H and O–H groups in total. The summed E-state index contributed by atoms with van der Waals surface area (Å²) in [5, 5.41) is 8.82. The Morgan fingerprint density at radius 2 is 1.81 bits per heavy atom. The Balaban J connectivity index is 2.04. The average Bonchev–Trinajstić information content (AvgIpc) is 2.42. The minimum atomic E-state index is -3.61. The van der Waals surface area contributed by atoms with Gasteiger partial charge in [0.05, 0.1) is 4.90 Å². The number of nitrogens with one attached hydrogen (secondary N) is 1. The summed E-state index contributed by atoms with van der Waals surface area (Å²) in [6.45, 7) is 6.74. The Kier molecular flexibility index (Phi) is 5.07. The summed E-state index contributed by atoms with van der Waals surface area (Å²) < 4.78 is 22.5. The molecule has 4 atom stereocenters. The fourth-order valence-electron chi connectivity index (χ4n) is 3.13. The SMILES string of the molecule is CC1CCC(C)C(NC(C)c2ccc(S(N)(=O)=O)cc2)C1. The summed E-state index contributed by atoms with van der Waals surface area (Å²) in [5.41, 5.74) is 1.09. The van der Waals surface area contributed by atoms with Crippen LogP contribution in [0.3, 0.4) is 0 Å². The maximum absolute atomic E-state index is 11.3. The molecule has 21 heavy (non-hydrogen) atoms. The number of rotatable bonds is 4. The fourth-order valence-corrected chi connectivity index (χ4v) is 3.64. The molecular formula is C16H26N2O2S. The summed E-state index contributed by atoms with van der Waals surface area (Å²) in [5.74, 6) is 1.46. The molecule has 1 fully saturated rings. The molecule has 1 aliphatic carbocycles. The van der Waals surface area contributed by atoms with E-state index in [1.165, 1.54) is 19.3 Å². The quantitative estimate of drug-likeness (QED) is 0.898. The second-order valence-electron chi connectivity index (χ2n) is 6.50. The van der Waals surface area contributed by atoms with Crippen LogP contribution < -0.4 is 10.5 Å². The first-order valence-corrected chi connectivity index (χ1v) is 9.21. The highest BCUT2D eigenvalue weighted by molar-refractivity contribution is 7.89. The van der Waals surface area contributed by atoms with Gasteiger partial charge in [-0.05, 0) is 49.3 Å². The second kappa shape index (κ2) is 6.46. The molecule has 0 bridgehead atoms. The largest absolute Gasteiger partial charge is 0.307 e. The molecule has 0 amide bonds. The summed E-state index contributed by atoms with van der Waals surface area (Å²) in [4.78, 5) is 0.165. The Morgan fingerprint density at radius 1 is 1.19 bits per heavy atom. The van der Waals surface area contributed by atoms with E-state index in [0.29, 0.717) is 12.0 Å². The van der Waals surface area contributed by atoms with E-state index in [1.807, 2.05) is 12.1 Å². The summed E-state index contributed by atoms with van der Waals surface area (Å²) in [7, 11) is -3.61. The van der Waals surface area contributed by atoms with Gasteiger partial charge < -0.3 is 5.32 Å². The minimum absolute atomic E-state index is 0.165. The predicted octanol–water partition coefficient (Wildman–Crippen LogP) is 2.81. The molecule has 4 nitrogen and oxygen atoms in total. The maximum Gasteiger partial charge on any atom is 0.238 e. The van der Waals surface area contributed by atoms with Crippen LogP contribution in [0.5, 0.6) is 0 Å². The lowest BCUT2D eigenvalue weighted by atomic mass is 9.79. The fraction of sp³-hybridized carbons (Fsp3) is 0.625. The van der Waals surface area contributed by atoms with Crippen LogP contribution in [0.15, 0.2) is 29.2 Å². The van der Waals surface area contributed by atoms with Gasteiger partial charge in [0.25, 0.3) is 0 Å². The molecule has 118 valence electrons. The summed E-state index contributed by atoms with van der Waals surface area (Å²) >= 11 is 0. The van der Waals surface area contributed by atoms with Crippen molar-refractivity contribution in [1.29, 1.82) is 0 Å². The molecule has 1 aromatic rings. The van der Waals surface area contributed by atoms with Crippen LogP contribution >= 0.6 is 0 Å². The molecule has 0 spiro atoms. The van der Waals surface area contributed by atoms with Gasteiger partial charge in [0.1, 0.15) is 0 Å². The van der Waals surface area contributed by atoms with Gasteiger partial charge in [-0.2, -0.15) is 0 Å². The average molecular weight is 310 g/mol. The number of hydrogen-bond acceptors (Lipinski definition) is 3. The van der Waals surface area contributed by atoms with Gasteiger partial charge in [0.15, 0.2) is 0 Å². The minimum Gasteiger partial charge on any atom is -0.307 e. The normalized spacial score (nSPS) is 28.3. The standard InChI is InChI=1S/C16H26N2O2S/c1-11-4-5-12(2)16(10-11)18-13(3)14-6-8-15(9-7-14)21(17,19)20/h6-9,11-13,16,18H,4-5,10H2,1-3H3,(H2,17,19,20). The second-order valence-corrected chi connectivity index (χ2v) is 8.07. The van der Waals surface area contributed by atoms with E-state index >= 15 is 0 Å². The van der Waals surface area contributed by atoms with Crippen molar-refractivity contribution in [2.24, 2.45) is 17.0 Å². The number of nitrogens with two attached hydrogens (primary N) is 1. The van der Waals surface area contributed by atoms with E-state index in [0.717, 1.165) is 11.5 Å². The first-order valence-electron chi connectivity index (χ1n) is 7.66. The molecule has 0 saturated heterocycles. The van der Waals surface area contributed by atoms with Crippen LogP contribution in [0.1, 0.15) is 51.6 Å². The van der Waals surface area contributed by atoms with Crippen LogP contribution in [0.25, 0.3) is 0 Å². The van der Waals surface area contributed by atoms with Crippen LogP contribution in [0.4, 0.5) is 0 Å². The van der Waals surface area contributed by atoms with E-state index in [9.17, 15) is 8.42 Å². The van der Waals surface area contributed by atoms with Crippen molar-refractivity contribution in [3.63, 3.8) is 0 Å². The zero-order valence-electron chi connectivity index (χ0n) is 13.0. The topological polar surface area (TPSA) is 72.2 Å². The molecule has 0 heterocycles. The van der Waals surface area contributed by atoms with Crippen molar-refractivity contribution >= 4 is 10.0 Å². The number of primary sulfonamides is 1. The van der Waals surface area contributed by atoms with Crippen molar-refractivity contribution in [3.8, 4) is 0 Å². The molecule has 4 unspecified atom stereocenters. The lowest BCUT2D eigenvalue weighted by Crippen LogP contribution is -2.40. The van der Waals surface area contributed by atoms with Crippen molar-refractivity contribution < 1.29 is 8.42 Å². The molecule has 1 aromatic carbocycles. The van der Waals surface area contributed by atoms with Crippen molar-refractivity contribution in [2.45, 2.75) is 57.0 Å². The maximum atomic E-state index is 11.3. The Labute approximate surface area is 128 Å². The Hall–Kier alpha value is -0.910. The first kappa shape index (κ1) is 16.5. The molecule has 1 saturated carbocycles. The van der Waals surface area contributed by atoms with Crippen molar-refractivity contribution in [2.75, 3.05) is 0 Å². The van der Waals surface area contributed by atoms with Gasteiger partial charge in [-0.3, -0.25) is 0 Å². The third-order valence-corrected chi connectivity index (χ3v) is 5.56. The van der Waals surface area contributed by atoms with Gasteiger partial charge in [-0.1, -0.05) is 32.4 Å². The molecule has 0 radical (unpaired) electrons. The highest BCUT2D eigenvalue weighted by Gasteiger charge is 2.26. The smallest absolute Gasteiger partial charge is 0.238 e. The highest BCUT2D eigenvalue weighted by atomic mass is 32.2. The molecule has 1 aliphatic rings. The van der Waals surface area contributed by atoms with Gasteiger partial charge in [0, 0.05) is 12.1 Å². The van der Waals surface area contributed by atoms with Crippen LogP contribution in [-0.4, -0.2) is 14.5 Å². The van der Waals surface area contributed by atoms with Crippen LogP contribution in [0.2, 0.25) is 0 Å². The zero-order valence-corrected chi connectivity index (χ0v) is 13.9. The van der Waals surface area contributed by atoms with Crippen LogP contribution in [-0.2, 0) is 10.0 Å². The third kappa shape index (κ3) is 4.28. The monoisotopic (exact) mass is 310 g/mol. The molecule has 2 rings (SSSR count). The lowest BCUT2D eigenvalue weighted by Gasteiger charge is -2.35. The van der Waals surface area contributed by atoms with E-state index in [2.05, 4.69) is 26.1 Å². The van der Waals surface area contributed by atoms with Gasteiger partial charge in [-0.15, -0.1) is 0 Å². The van der Waals surface area contributed by atoms with E-state index < -0.39 is 10.0 Å². The Morgan fingerprint density at radius 3 is 2.38 bits per heavy atom. The lowest BCUT2D eigenvalue weighted by molar-refractivity contribution is 0.216. The Bertz CT molecular complexity index is 568. The number of sulfonamides is 1. The molecular weight excluding hydrogens is 284 g/mol. The van der Waals surface area contributed by atoms with Gasteiger partial charge in [0.2, 0.25) is 10.0 Å². The van der Waals surface area contributed by atoms with Crippen molar-refractivity contribution in [3.05, 3.63) is 29.8 Å². The summed E-state index contributed by atoms with van der Waals surface area (Å²) in [6.07, 6.45) is 3.80. The van der Waals surface area contributed by atoms with Gasteiger partial charge >= 0.3 is 0 Å². The highest BCUT2D eigenvalue weighted by Crippen LogP contribution is 2.30. The van der Waals surface area contributed by atoms with E-state index in [-0.39, 0.29) is 10.9 Å². The number of benzene rings is 1. The number of hydrogen-bond donors (Lipinski definition) is 2. The molecule has 0 aliphatic heterocycles. The molecule has 0 aromatic heterocycles. The van der Waals surface area contributed by atoms with E-state index in [1.54, 1.807) is 12.1 Å². The predicted molar refractivity (Wildman–Crippen MR) is 85.3 cm³/mol. The molecule has 5 heteroatoms.